The van der Waals surface area contributed by atoms with E-state index in [2.05, 4.69) is 9.82 Å². The van der Waals surface area contributed by atoms with E-state index in [1.54, 1.807) is 16.9 Å². The van der Waals surface area contributed by atoms with Gasteiger partial charge in [0.1, 0.15) is 0 Å². The van der Waals surface area contributed by atoms with E-state index in [9.17, 15) is 8.42 Å². The van der Waals surface area contributed by atoms with Crippen molar-refractivity contribution < 1.29 is 8.42 Å². The lowest BCUT2D eigenvalue weighted by Gasteiger charge is -2.03. The van der Waals surface area contributed by atoms with Gasteiger partial charge in [-0.1, -0.05) is 0 Å². The molecule has 1 rings (SSSR count). The van der Waals surface area contributed by atoms with Gasteiger partial charge in [-0.05, 0) is 12.5 Å². The highest BCUT2D eigenvalue weighted by Gasteiger charge is 2.07. The van der Waals surface area contributed by atoms with Gasteiger partial charge in [0, 0.05) is 12.7 Å². The molecule has 0 aliphatic rings. The molecule has 0 spiro atoms. The second-order valence-corrected chi connectivity index (χ2v) is 4.90. The van der Waals surface area contributed by atoms with Gasteiger partial charge < -0.3 is 0 Å². The lowest BCUT2D eigenvalue weighted by Crippen LogP contribution is -2.29. The molecule has 7 heteroatoms. The molecule has 0 fully saturated rings. The fourth-order valence-electron chi connectivity index (χ4n) is 1.04. The summed E-state index contributed by atoms with van der Waals surface area (Å²) in [6.45, 7) is 2.60. The van der Waals surface area contributed by atoms with E-state index in [0.29, 0.717) is 6.54 Å². The summed E-state index contributed by atoms with van der Waals surface area (Å²) in [4.78, 5) is 0. The minimum atomic E-state index is -3.45. The second kappa shape index (κ2) is 4.91. The first-order valence-corrected chi connectivity index (χ1v) is 6.02. The first kappa shape index (κ1) is 11.7. The summed E-state index contributed by atoms with van der Waals surface area (Å²) >= 11 is 0. The predicted molar refractivity (Wildman–Crippen MR) is 54.4 cm³/mol. The molecule has 0 unspecified atom stereocenters. The van der Waals surface area contributed by atoms with Crippen LogP contribution in [-0.4, -0.2) is 30.5 Å². The maximum absolute atomic E-state index is 11.1. The molecule has 0 atom stereocenters. The van der Waals surface area contributed by atoms with Crippen LogP contribution >= 0.6 is 0 Å². The molecule has 0 aliphatic heterocycles. The van der Waals surface area contributed by atoms with Crippen molar-refractivity contribution in [1.29, 1.82) is 5.26 Å². The van der Waals surface area contributed by atoms with Crippen molar-refractivity contribution >= 4 is 10.0 Å². The van der Waals surface area contributed by atoms with Crippen LogP contribution in [0.2, 0.25) is 0 Å². The van der Waals surface area contributed by atoms with Gasteiger partial charge in [-0.2, -0.15) is 10.4 Å². The molecule has 15 heavy (non-hydrogen) atoms. The van der Waals surface area contributed by atoms with Crippen molar-refractivity contribution in [3.05, 3.63) is 18.0 Å². The molecule has 6 nitrogen and oxygen atoms in total. The average molecular weight is 228 g/mol. The largest absolute Gasteiger partial charge is 0.271 e. The summed E-state index contributed by atoms with van der Waals surface area (Å²) in [5.41, 5.74) is 1.02. The smallest absolute Gasteiger partial charge is 0.225 e. The van der Waals surface area contributed by atoms with Gasteiger partial charge in [-0.15, -0.1) is 0 Å². The molecule has 1 N–H and O–H groups in total. The molecule has 0 aromatic carbocycles. The van der Waals surface area contributed by atoms with E-state index in [1.165, 1.54) is 0 Å². The van der Waals surface area contributed by atoms with E-state index >= 15 is 0 Å². The Morgan fingerprint density at radius 2 is 2.40 bits per heavy atom. The fourth-order valence-corrected chi connectivity index (χ4v) is 1.72. The summed E-state index contributed by atoms with van der Waals surface area (Å²) in [6, 6.07) is 1.59. The van der Waals surface area contributed by atoms with Crippen LogP contribution in [0.3, 0.4) is 0 Å². The van der Waals surface area contributed by atoms with Gasteiger partial charge in [-0.3, -0.25) is 4.68 Å². The second-order valence-electron chi connectivity index (χ2n) is 3.09. The number of aryl methyl sites for hydroxylation is 1. The Kier molecular flexibility index (Phi) is 3.82. The van der Waals surface area contributed by atoms with Gasteiger partial charge in [-0.25, -0.2) is 13.1 Å². The third-order valence-electron chi connectivity index (χ3n) is 1.68. The van der Waals surface area contributed by atoms with Crippen molar-refractivity contribution in [2.24, 2.45) is 0 Å². The van der Waals surface area contributed by atoms with Crippen LogP contribution in [0.4, 0.5) is 0 Å². The van der Waals surface area contributed by atoms with Crippen LogP contribution in [0.15, 0.2) is 12.4 Å². The minimum absolute atomic E-state index is 0.241. The van der Waals surface area contributed by atoms with Crippen LogP contribution < -0.4 is 4.72 Å². The van der Waals surface area contributed by atoms with Crippen molar-refractivity contribution in [1.82, 2.24) is 14.5 Å². The van der Waals surface area contributed by atoms with E-state index < -0.39 is 15.8 Å². The number of nitrogens with zero attached hydrogens (tertiary/aromatic N) is 3. The van der Waals surface area contributed by atoms with E-state index in [-0.39, 0.29) is 6.54 Å². The summed E-state index contributed by atoms with van der Waals surface area (Å²) in [6.07, 6.45) is 3.52. The molecule has 1 aromatic rings. The maximum Gasteiger partial charge on any atom is 0.225 e. The molecular formula is C8H12N4O2S. The van der Waals surface area contributed by atoms with Gasteiger partial charge in [0.2, 0.25) is 10.0 Å². The van der Waals surface area contributed by atoms with Crippen LogP contribution in [0.5, 0.6) is 0 Å². The van der Waals surface area contributed by atoms with Gasteiger partial charge in [0.05, 0.1) is 18.8 Å². The average Bonchev–Trinajstić information content (AvgIpc) is 2.51. The molecule has 0 aliphatic carbocycles. The molecule has 0 saturated heterocycles. The first-order valence-electron chi connectivity index (χ1n) is 4.37. The minimum Gasteiger partial charge on any atom is -0.271 e. The molecular weight excluding hydrogens is 216 g/mol. The number of aromatic nitrogens is 2. The van der Waals surface area contributed by atoms with Gasteiger partial charge >= 0.3 is 0 Å². The molecule has 1 heterocycles. The Morgan fingerprint density at radius 3 is 2.93 bits per heavy atom. The third-order valence-corrected chi connectivity index (χ3v) is 2.83. The number of nitriles is 1. The summed E-state index contributed by atoms with van der Waals surface area (Å²) in [5, 5.41) is 12.2. The van der Waals surface area contributed by atoms with E-state index in [0.717, 1.165) is 5.56 Å². The SMILES string of the molecule is Cc1cnn(CCNS(=O)(=O)CC#N)c1. The zero-order chi connectivity index (χ0) is 11.3. The van der Waals surface area contributed by atoms with Gasteiger partial charge in [0.25, 0.3) is 0 Å². The normalized spacial score (nSPS) is 11.2. The predicted octanol–water partition coefficient (Wildman–Crippen LogP) is -0.365. The Morgan fingerprint density at radius 1 is 1.67 bits per heavy atom. The van der Waals surface area contributed by atoms with Crippen LogP contribution in [-0.2, 0) is 16.6 Å². The summed E-state index contributed by atoms with van der Waals surface area (Å²) in [5.74, 6) is -0.509. The Labute approximate surface area is 88.6 Å². The van der Waals surface area contributed by atoms with Crippen LogP contribution in [0.25, 0.3) is 0 Å². The van der Waals surface area contributed by atoms with Crippen molar-refractivity contribution in [2.45, 2.75) is 13.5 Å². The number of sulfonamides is 1. The van der Waals surface area contributed by atoms with Crippen molar-refractivity contribution in [3.63, 3.8) is 0 Å². The highest BCUT2D eigenvalue weighted by Crippen LogP contribution is 1.93. The first-order chi connectivity index (χ1) is 7.03. The van der Waals surface area contributed by atoms with Crippen LogP contribution in [0.1, 0.15) is 5.56 Å². The zero-order valence-corrected chi connectivity index (χ0v) is 9.16. The summed E-state index contributed by atoms with van der Waals surface area (Å²) < 4.78 is 26.1. The van der Waals surface area contributed by atoms with Crippen molar-refractivity contribution in [3.8, 4) is 6.07 Å². The fraction of sp³-hybridized carbons (Fsp3) is 0.500. The Balaban J connectivity index is 2.37. The summed E-state index contributed by atoms with van der Waals surface area (Å²) in [7, 11) is -3.45. The molecule has 0 saturated carbocycles. The number of hydrogen-bond acceptors (Lipinski definition) is 4. The monoisotopic (exact) mass is 228 g/mol. The highest BCUT2D eigenvalue weighted by molar-refractivity contribution is 7.89. The lowest BCUT2D eigenvalue weighted by molar-refractivity contribution is 0.563. The van der Waals surface area contributed by atoms with E-state index in [4.69, 9.17) is 5.26 Å². The topological polar surface area (TPSA) is 87.8 Å². The number of nitrogens with one attached hydrogen (secondary N) is 1. The molecule has 1 aromatic heterocycles. The quantitative estimate of drug-likeness (QED) is 0.745. The molecule has 0 bridgehead atoms. The zero-order valence-electron chi connectivity index (χ0n) is 8.34. The lowest BCUT2D eigenvalue weighted by atomic mass is 10.4. The Bertz CT molecular complexity index is 457. The third kappa shape index (κ3) is 4.10. The van der Waals surface area contributed by atoms with Gasteiger partial charge in [0.15, 0.2) is 5.75 Å². The van der Waals surface area contributed by atoms with Crippen molar-refractivity contribution in [2.75, 3.05) is 12.3 Å². The maximum atomic E-state index is 11.1. The standard InChI is InChI=1S/C8H12N4O2S/c1-8-6-10-12(7-8)4-3-11-15(13,14)5-2-9/h6-7,11H,3-5H2,1H3. The molecule has 0 radical (unpaired) electrons. The highest BCUT2D eigenvalue weighted by atomic mass is 32.2. The van der Waals surface area contributed by atoms with E-state index in [1.807, 2.05) is 13.1 Å². The molecule has 0 amide bonds. The van der Waals surface area contributed by atoms with Crippen LogP contribution in [0, 0.1) is 18.3 Å². The Hall–Kier alpha value is -1.39. The number of hydrogen-bond donors (Lipinski definition) is 1. The number of rotatable bonds is 5. The molecule has 82 valence electrons.